The predicted octanol–water partition coefficient (Wildman–Crippen LogP) is 2.44. The largest absolute Gasteiger partial charge is 0.380 e. The van der Waals surface area contributed by atoms with Crippen LogP contribution in [0.5, 0.6) is 0 Å². The Bertz CT molecular complexity index is 375. The molecule has 5 nitrogen and oxygen atoms in total. The van der Waals surface area contributed by atoms with Crippen LogP contribution in [0, 0.1) is 6.92 Å². The smallest absolute Gasteiger partial charge is 0.185 e. The van der Waals surface area contributed by atoms with E-state index < -0.39 is 0 Å². The third kappa shape index (κ3) is 6.74. The topological polar surface area (TPSA) is 46.6 Å². The molecule has 0 bridgehead atoms. The van der Waals surface area contributed by atoms with Gasteiger partial charge in [0.1, 0.15) is 0 Å². The van der Waals surface area contributed by atoms with Crippen molar-refractivity contribution < 1.29 is 9.47 Å². The Kier molecular flexibility index (Phi) is 9.58. The Morgan fingerprint density at radius 3 is 2.24 bits per heavy atom. The van der Waals surface area contributed by atoms with Gasteiger partial charge in [0.05, 0.1) is 18.9 Å². The second-order valence-electron chi connectivity index (χ2n) is 4.67. The van der Waals surface area contributed by atoms with Gasteiger partial charge in [0.15, 0.2) is 5.13 Å². The first-order valence-electron chi connectivity index (χ1n) is 7.80. The molecule has 0 aliphatic heterocycles. The van der Waals surface area contributed by atoms with Gasteiger partial charge in [0, 0.05) is 37.7 Å². The van der Waals surface area contributed by atoms with Crippen LogP contribution in [0.2, 0.25) is 0 Å². The summed E-state index contributed by atoms with van der Waals surface area (Å²) in [5.74, 6) is 0. The molecule has 0 atom stereocenters. The third-order valence-corrected chi connectivity index (χ3v) is 4.32. The SMILES string of the molecule is CCNCc1sc(N(CCOCC)CCOCC)nc1C. The van der Waals surface area contributed by atoms with E-state index in [2.05, 4.69) is 24.1 Å². The van der Waals surface area contributed by atoms with Gasteiger partial charge < -0.3 is 19.7 Å². The predicted molar refractivity (Wildman–Crippen MR) is 89.4 cm³/mol. The minimum Gasteiger partial charge on any atom is -0.380 e. The average molecular weight is 315 g/mol. The Morgan fingerprint density at radius 2 is 1.71 bits per heavy atom. The summed E-state index contributed by atoms with van der Waals surface area (Å²) in [6, 6.07) is 0. The van der Waals surface area contributed by atoms with Gasteiger partial charge in [-0.3, -0.25) is 0 Å². The molecule has 1 aromatic heterocycles. The second kappa shape index (κ2) is 11.0. The Hall–Kier alpha value is -0.690. The number of nitrogens with zero attached hydrogens (tertiary/aromatic N) is 2. The zero-order chi connectivity index (χ0) is 15.5. The Labute approximate surface area is 132 Å². The first-order chi connectivity index (χ1) is 10.2. The molecular formula is C15H29N3O2S. The minimum atomic E-state index is 0.726. The summed E-state index contributed by atoms with van der Waals surface area (Å²) in [7, 11) is 0. The summed E-state index contributed by atoms with van der Waals surface area (Å²) < 4.78 is 11.0. The first kappa shape index (κ1) is 18.4. The molecule has 6 heteroatoms. The maximum atomic E-state index is 5.48. The average Bonchev–Trinajstić information content (AvgIpc) is 2.85. The molecule has 0 fully saturated rings. The van der Waals surface area contributed by atoms with Crippen molar-refractivity contribution in [1.82, 2.24) is 10.3 Å². The summed E-state index contributed by atoms with van der Waals surface area (Å²) in [5, 5.41) is 4.43. The monoisotopic (exact) mass is 315 g/mol. The summed E-state index contributed by atoms with van der Waals surface area (Å²) in [5.41, 5.74) is 1.12. The highest BCUT2D eigenvalue weighted by Crippen LogP contribution is 2.25. The first-order valence-corrected chi connectivity index (χ1v) is 8.61. The minimum absolute atomic E-state index is 0.726. The molecule has 0 radical (unpaired) electrons. The lowest BCUT2D eigenvalue weighted by molar-refractivity contribution is 0.141. The van der Waals surface area contributed by atoms with Gasteiger partial charge in [0.2, 0.25) is 0 Å². The molecule has 0 amide bonds. The van der Waals surface area contributed by atoms with Gasteiger partial charge in [0.25, 0.3) is 0 Å². The van der Waals surface area contributed by atoms with E-state index in [0.717, 1.165) is 63.4 Å². The number of aromatic nitrogens is 1. The number of ether oxygens (including phenoxy) is 2. The zero-order valence-corrected chi connectivity index (χ0v) is 14.6. The van der Waals surface area contributed by atoms with Crippen molar-refractivity contribution >= 4 is 16.5 Å². The van der Waals surface area contributed by atoms with E-state index in [1.807, 2.05) is 13.8 Å². The van der Waals surface area contributed by atoms with Gasteiger partial charge in [-0.25, -0.2) is 4.98 Å². The molecule has 1 rings (SSSR count). The van der Waals surface area contributed by atoms with Crippen LogP contribution in [0.25, 0.3) is 0 Å². The van der Waals surface area contributed by atoms with Crippen LogP contribution in [0.4, 0.5) is 5.13 Å². The molecule has 0 aliphatic rings. The van der Waals surface area contributed by atoms with E-state index in [1.54, 1.807) is 11.3 Å². The highest BCUT2D eigenvalue weighted by molar-refractivity contribution is 7.15. The van der Waals surface area contributed by atoms with Crippen LogP contribution < -0.4 is 10.2 Å². The molecular weight excluding hydrogens is 286 g/mol. The van der Waals surface area contributed by atoms with Gasteiger partial charge >= 0.3 is 0 Å². The number of hydrogen-bond acceptors (Lipinski definition) is 6. The lowest BCUT2D eigenvalue weighted by Crippen LogP contribution is -2.31. The van der Waals surface area contributed by atoms with Crippen molar-refractivity contribution in [1.29, 1.82) is 0 Å². The lowest BCUT2D eigenvalue weighted by atomic mass is 10.4. The van der Waals surface area contributed by atoms with Gasteiger partial charge in [-0.15, -0.1) is 11.3 Å². The van der Waals surface area contributed by atoms with E-state index >= 15 is 0 Å². The number of rotatable bonds is 12. The summed E-state index contributed by atoms with van der Waals surface area (Å²) in [6.45, 7) is 14.8. The summed E-state index contributed by atoms with van der Waals surface area (Å²) in [6.07, 6.45) is 0. The molecule has 122 valence electrons. The molecule has 0 aromatic carbocycles. The highest BCUT2D eigenvalue weighted by atomic mass is 32.1. The fourth-order valence-electron chi connectivity index (χ4n) is 1.89. The lowest BCUT2D eigenvalue weighted by Gasteiger charge is -2.21. The van der Waals surface area contributed by atoms with Crippen LogP contribution in [-0.2, 0) is 16.0 Å². The Balaban J connectivity index is 2.66. The van der Waals surface area contributed by atoms with Crippen molar-refractivity contribution in [2.75, 3.05) is 51.0 Å². The molecule has 0 spiro atoms. The number of hydrogen-bond donors (Lipinski definition) is 1. The summed E-state index contributed by atoms with van der Waals surface area (Å²) >= 11 is 1.76. The third-order valence-electron chi connectivity index (χ3n) is 3.11. The molecule has 0 aliphatic carbocycles. The Morgan fingerprint density at radius 1 is 1.10 bits per heavy atom. The van der Waals surface area contributed by atoms with Crippen LogP contribution in [-0.4, -0.2) is 51.0 Å². The fourth-order valence-corrected chi connectivity index (χ4v) is 2.97. The fraction of sp³-hybridized carbons (Fsp3) is 0.800. The van der Waals surface area contributed by atoms with E-state index in [0.29, 0.717) is 0 Å². The van der Waals surface area contributed by atoms with Crippen molar-refractivity contribution in [3.63, 3.8) is 0 Å². The quantitative estimate of drug-likeness (QED) is 0.600. The van der Waals surface area contributed by atoms with Crippen molar-refractivity contribution in [3.8, 4) is 0 Å². The molecule has 0 unspecified atom stereocenters. The molecule has 0 saturated heterocycles. The highest BCUT2D eigenvalue weighted by Gasteiger charge is 2.14. The maximum Gasteiger partial charge on any atom is 0.185 e. The summed E-state index contributed by atoms with van der Waals surface area (Å²) in [4.78, 5) is 8.29. The number of thiazole rings is 1. The van der Waals surface area contributed by atoms with E-state index in [-0.39, 0.29) is 0 Å². The number of anilines is 1. The second-order valence-corrected chi connectivity index (χ2v) is 5.73. The van der Waals surface area contributed by atoms with Crippen LogP contribution in [0.1, 0.15) is 31.3 Å². The van der Waals surface area contributed by atoms with E-state index in [9.17, 15) is 0 Å². The van der Waals surface area contributed by atoms with Crippen molar-refractivity contribution in [2.24, 2.45) is 0 Å². The van der Waals surface area contributed by atoms with Crippen LogP contribution in [0.3, 0.4) is 0 Å². The molecule has 1 aromatic rings. The van der Waals surface area contributed by atoms with Crippen molar-refractivity contribution in [2.45, 2.75) is 34.2 Å². The zero-order valence-electron chi connectivity index (χ0n) is 13.8. The van der Waals surface area contributed by atoms with Gasteiger partial charge in [-0.05, 0) is 27.3 Å². The standard InChI is InChI=1S/C15H29N3O2S/c1-5-16-12-14-13(4)17-15(21-14)18(8-10-19-6-2)9-11-20-7-3/h16H,5-12H2,1-4H3. The number of aryl methyl sites for hydroxylation is 1. The van der Waals surface area contributed by atoms with Gasteiger partial charge in [-0.1, -0.05) is 6.92 Å². The van der Waals surface area contributed by atoms with E-state index in [1.165, 1.54) is 4.88 Å². The van der Waals surface area contributed by atoms with Crippen LogP contribution >= 0.6 is 11.3 Å². The van der Waals surface area contributed by atoms with Gasteiger partial charge in [-0.2, -0.15) is 0 Å². The molecule has 1 N–H and O–H groups in total. The molecule has 0 saturated carbocycles. The van der Waals surface area contributed by atoms with Crippen LogP contribution in [0.15, 0.2) is 0 Å². The van der Waals surface area contributed by atoms with E-state index in [4.69, 9.17) is 14.5 Å². The maximum absolute atomic E-state index is 5.48. The molecule has 1 heterocycles. The van der Waals surface area contributed by atoms with Crippen molar-refractivity contribution in [3.05, 3.63) is 10.6 Å². The normalized spacial score (nSPS) is 11.0. The number of nitrogens with one attached hydrogen (secondary N) is 1. The molecule has 21 heavy (non-hydrogen) atoms.